The van der Waals surface area contributed by atoms with Crippen molar-refractivity contribution in [1.82, 2.24) is 13.9 Å². The fourth-order valence-corrected chi connectivity index (χ4v) is 4.32. The third-order valence-corrected chi connectivity index (χ3v) is 6.76. The molecule has 0 radical (unpaired) electrons. The number of carbonyl (C=O) groups is 1. The molecule has 150 valence electrons. The van der Waals surface area contributed by atoms with Crippen LogP contribution in [0.2, 0.25) is 0 Å². The summed E-state index contributed by atoms with van der Waals surface area (Å²) in [5, 5.41) is 3.19. The number of fused-ring (bicyclic) bond motifs is 2. The number of rotatable bonds is 4. The number of hydrogen-bond donors (Lipinski definition) is 1. The van der Waals surface area contributed by atoms with Gasteiger partial charge in [-0.05, 0) is 42.8 Å². The van der Waals surface area contributed by atoms with Gasteiger partial charge in [0.05, 0.1) is 15.8 Å². The minimum atomic E-state index is -3.60. The standard InChI is InChI=1S/C20H20N4O4S/c1-23(2)29(27,28)15-6-3-5-14(12-15)21-19(25)13-8-9-16-17(11-13)22-18-7-4-10-24(18)20(16)26/h3,5-6,8-9,11-12H,4,7,10H2,1-2H3,(H,21,25). The molecule has 3 aromatic rings. The van der Waals surface area contributed by atoms with Gasteiger partial charge in [0.1, 0.15) is 5.82 Å². The molecule has 0 saturated heterocycles. The zero-order valence-electron chi connectivity index (χ0n) is 16.0. The average Bonchev–Trinajstić information content (AvgIpc) is 3.16. The predicted octanol–water partition coefficient (Wildman–Crippen LogP) is 1.85. The Bertz CT molecular complexity index is 1300. The molecule has 1 aromatic heterocycles. The molecule has 0 unspecified atom stereocenters. The molecular weight excluding hydrogens is 392 g/mol. The van der Waals surface area contributed by atoms with Crippen LogP contribution in [0.15, 0.2) is 52.2 Å². The molecule has 2 heterocycles. The van der Waals surface area contributed by atoms with E-state index in [9.17, 15) is 18.0 Å². The average molecular weight is 412 g/mol. The van der Waals surface area contributed by atoms with Crippen molar-refractivity contribution < 1.29 is 13.2 Å². The lowest BCUT2D eigenvalue weighted by molar-refractivity contribution is 0.102. The number of carbonyl (C=O) groups excluding carboxylic acids is 1. The van der Waals surface area contributed by atoms with Gasteiger partial charge in [-0.3, -0.25) is 14.2 Å². The van der Waals surface area contributed by atoms with Crippen molar-refractivity contribution in [3.05, 3.63) is 64.2 Å². The summed E-state index contributed by atoms with van der Waals surface area (Å²) < 4.78 is 27.4. The molecule has 1 amide bonds. The molecule has 29 heavy (non-hydrogen) atoms. The smallest absolute Gasteiger partial charge is 0.261 e. The molecule has 1 N–H and O–H groups in total. The second-order valence-electron chi connectivity index (χ2n) is 7.09. The summed E-state index contributed by atoms with van der Waals surface area (Å²) >= 11 is 0. The van der Waals surface area contributed by atoms with Crippen molar-refractivity contribution in [1.29, 1.82) is 0 Å². The zero-order valence-corrected chi connectivity index (χ0v) is 16.9. The predicted molar refractivity (Wildman–Crippen MR) is 110 cm³/mol. The quantitative estimate of drug-likeness (QED) is 0.705. The Hall–Kier alpha value is -3.04. The van der Waals surface area contributed by atoms with Gasteiger partial charge in [0.2, 0.25) is 10.0 Å². The van der Waals surface area contributed by atoms with Gasteiger partial charge >= 0.3 is 0 Å². The molecule has 0 fully saturated rings. The molecule has 0 saturated carbocycles. The Labute approximate surface area is 167 Å². The van der Waals surface area contributed by atoms with Crippen molar-refractivity contribution in [2.75, 3.05) is 19.4 Å². The van der Waals surface area contributed by atoms with Gasteiger partial charge in [0, 0.05) is 38.3 Å². The second-order valence-corrected chi connectivity index (χ2v) is 9.24. The van der Waals surface area contributed by atoms with Crippen LogP contribution in [-0.2, 0) is 23.0 Å². The van der Waals surface area contributed by atoms with Gasteiger partial charge in [-0.1, -0.05) is 6.07 Å². The lowest BCUT2D eigenvalue weighted by atomic mass is 10.1. The summed E-state index contributed by atoms with van der Waals surface area (Å²) in [6.07, 6.45) is 1.63. The first kappa shape index (κ1) is 19.3. The van der Waals surface area contributed by atoms with E-state index in [1.807, 2.05) is 0 Å². The van der Waals surface area contributed by atoms with Crippen LogP contribution in [0.1, 0.15) is 22.6 Å². The third-order valence-electron chi connectivity index (χ3n) is 4.95. The van der Waals surface area contributed by atoms with E-state index in [1.165, 1.54) is 26.2 Å². The Kier molecular flexibility index (Phi) is 4.71. The number of nitrogens with one attached hydrogen (secondary N) is 1. The highest BCUT2D eigenvalue weighted by Gasteiger charge is 2.19. The zero-order chi connectivity index (χ0) is 20.8. The number of aromatic nitrogens is 2. The van der Waals surface area contributed by atoms with Crippen LogP contribution in [0.3, 0.4) is 0 Å². The van der Waals surface area contributed by atoms with Crippen molar-refractivity contribution in [3.8, 4) is 0 Å². The minimum absolute atomic E-state index is 0.0870. The molecule has 0 aliphatic carbocycles. The maximum Gasteiger partial charge on any atom is 0.261 e. The number of aryl methyl sites for hydroxylation is 1. The molecule has 4 rings (SSSR count). The van der Waals surface area contributed by atoms with Crippen LogP contribution in [0.5, 0.6) is 0 Å². The number of hydrogen-bond acceptors (Lipinski definition) is 5. The summed E-state index contributed by atoms with van der Waals surface area (Å²) in [6.45, 7) is 0.672. The van der Waals surface area contributed by atoms with Crippen molar-refractivity contribution in [2.45, 2.75) is 24.3 Å². The molecule has 0 spiro atoms. The molecule has 1 aliphatic heterocycles. The number of nitrogens with zero attached hydrogens (tertiary/aromatic N) is 3. The van der Waals surface area contributed by atoms with Gasteiger partial charge in [-0.2, -0.15) is 0 Å². The van der Waals surface area contributed by atoms with E-state index in [2.05, 4.69) is 10.3 Å². The lowest BCUT2D eigenvalue weighted by Crippen LogP contribution is -2.22. The highest BCUT2D eigenvalue weighted by Crippen LogP contribution is 2.20. The van der Waals surface area contributed by atoms with Gasteiger partial charge in [0.25, 0.3) is 11.5 Å². The minimum Gasteiger partial charge on any atom is -0.322 e. The van der Waals surface area contributed by atoms with Crippen molar-refractivity contribution in [3.63, 3.8) is 0 Å². The Morgan fingerprint density at radius 1 is 1.17 bits per heavy atom. The summed E-state index contributed by atoms with van der Waals surface area (Å²) in [6, 6.07) is 10.8. The summed E-state index contributed by atoms with van der Waals surface area (Å²) in [4.78, 5) is 29.8. The lowest BCUT2D eigenvalue weighted by Gasteiger charge is -2.13. The first-order valence-electron chi connectivity index (χ1n) is 9.15. The van der Waals surface area contributed by atoms with E-state index in [1.54, 1.807) is 34.9 Å². The van der Waals surface area contributed by atoms with Crippen molar-refractivity contribution in [2.24, 2.45) is 0 Å². The second kappa shape index (κ2) is 7.09. The number of benzene rings is 2. The van der Waals surface area contributed by atoms with E-state index in [-0.39, 0.29) is 10.5 Å². The number of sulfonamides is 1. The molecular formula is C20H20N4O4S. The monoisotopic (exact) mass is 412 g/mol. The molecule has 8 nitrogen and oxygen atoms in total. The third kappa shape index (κ3) is 3.43. The Balaban J connectivity index is 1.65. The normalized spacial score (nSPS) is 13.6. The van der Waals surface area contributed by atoms with Crippen LogP contribution in [0.25, 0.3) is 10.9 Å². The van der Waals surface area contributed by atoms with E-state index in [4.69, 9.17) is 0 Å². The summed E-state index contributed by atoms with van der Waals surface area (Å²) in [7, 11) is -0.711. The molecule has 9 heteroatoms. The number of anilines is 1. The van der Waals surface area contributed by atoms with Crippen LogP contribution in [-0.4, -0.2) is 42.3 Å². The Morgan fingerprint density at radius 3 is 2.72 bits per heavy atom. The van der Waals surface area contributed by atoms with Gasteiger partial charge in [-0.15, -0.1) is 0 Å². The first-order valence-corrected chi connectivity index (χ1v) is 10.6. The van der Waals surface area contributed by atoms with Gasteiger partial charge in [-0.25, -0.2) is 17.7 Å². The molecule has 0 atom stereocenters. The maximum absolute atomic E-state index is 12.7. The van der Waals surface area contributed by atoms with Crippen molar-refractivity contribution >= 4 is 32.5 Å². The topological polar surface area (TPSA) is 101 Å². The summed E-state index contributed by atoms with van der Waals surface area (Å²) in [5.74, 6) is 0.329. The highest BCUT2D eigenvalue weighted by molar-refractivity contribution is 7.89. The van der Waals surface area contributed by atoms with Crippen LogP contribution in [0.4, 0.5) is 5.69 Å². The SMILES string of the molecule is CN(C)S(=O)(=O)c1cccc(NC(=O)c2ccc3c(=O)n4c(nc3c2)CCC4)c1. The van der Waals surface area contributed by atoms with E-state index in [0.717, 1.165) is 23.0 Å². The summed E-state index contributed by atoms with van der Waals surface area (Å²) in [5.41, 5.74) is 1.10. The van der Waals surface area contributed by atoms with E-state index < -0.39 is 15.9 Å². The molecule has 1 aliphatic rings. The highest BCUT2D eigenvalue weighted by atomic mass is 32.2. The number of amides is 1. The Morgan fingerprint density at radius 2 is 1.97 bits per heavy atom. The van der Waals surface area contributed by atoms with Crippen LogP contribution in [0, 0.1) is 0 Å². The van der Waals surface area contributed by atoms with Gasteiger partial charge < -0.3 is 5.32 Å². The largest absolute Gasteiger partial charge is 0.322 e. The fourth-order valence-electron chi connectivity index (χ4n) is 3.37. The van der Waals surface area contributed by atoms with Gasteiger partial charge in [0.15, 0.2) is 0 Å². The maximum atomic E-state index is 12.7. The van der Waals surface area contributed by atoms with Crippen LogP contribution >= 0.6 is 0 Å². The van der Waals surface area contributed by atoms with Crippen LogP contribution < -0.4 is 10.9 Å². The fraction of sp³-hybridized carbons (Fsp3) is 0.250. The van der Waals surface area contributed by atoms with E-state index >= 15 is 0 Å². The molecule has 0 bridgehead atoms. The first-order chi connectivity index (χ1) is 13.8. The molecule has 2 aromatic carbocycles. The van der Waals surface area contributed by atoms with E-state index in [0.29, 0.717) is 28.7 Å².